The molecule has 24 heavy (non-hydrogen) atoms. The lowest BCUT2D eigenvalue weighted by Crippen LogP contribution is -2.48. The smallest absolute Gasteiger partial charge is 0.325 e. The molecule has 0 radical (unpaired) electrons. The normalized spacial score (nSPS) is 21.1. The molecule has 1 aromatic heterocycles. The average Bonchev–Trinajstić information content (AvgIpc) is 2.93. The van der Waals surface area contributed by atoms with Crippen molar-refractivity contribution in [2.45, 2.75) is 25.6 Å². The van der Waals surface area contributed by atoms with Crippen molar-refractivity contribution in [2.24, 2.45) is 0 Å². The summed E-state index contributed by atoms with van der Waals surface area (Å²) < 4.78 is 5.87. The van der Waals surface area contributed by atoms with Crippen LogP contribution in [-0.2, 0) is 20.9 Å². The zero-order valence-electron chi connectivity index (χ0n) is 13.3. The molecule has 0 aromatic carbocycles. The van der Waals surface area contributed by atoms with Crippen molar-refractivity contribution >= 4 is 17.8 Å². The van der Waals surface area contributed by atoms with Crippen LogP contribution in [-0.4, -0.2) is 64.9 Å². The second-order valence-electron chi connectivity index (χ2n) is 5.91. The first-order valence-corrected chi connectivity index (χ1v) is 8.00. The van der Waals surface area contributed by atoms with Gasteiger partial charge in [-0.05, 0) is 24.5 Å². The maximum Gasteiger partial charge on any atom is 0.325 e. The van der Waals surface area contributed by atoms with Gasteiger partial charge in [0.25, 0.3) is 5.91 Å². The Bertz CT molecular complexity index is 606. The minimum atomic E-state index is -0.505. The summed E-state index contributed by atoms with van der Waals surface area (Å²) in [6.07, 6.45) is 5.13. The van der Waals surface area contributed by atoms with Gasteiger partial charge in [0.2, 0.25) is 5.91 Å². The van der Waals surface area contributed by atoms with Gasteiger partial charge in [-0.3, -0.25) is 19.5 Å². The number of pyridine rings is 1. The first-order chi connectivity index (χ1) is 11.6. The van der Waals surface area contributed by atoms with Crippen LogP contribution in [0.1, 0.15) is 18.4 Å². The molecule has 3 rings (SSSR count). The number of carbonyl (C=O) groups is 3. The zero-order valence-corrected chi connectivity index (χ0v) is 13.3. The Morgan fingerprint density at radius 3 is 3.00 bits per heavy atom. The molecule has 1 unspecified atom stereocenters. The number of piperidine rings is 1. The van der Waals surface area contributed by atoms with Gasteiger partial charge in [-0.2, -0.15) is 0 Å². The fourth-order valence-corrected chi connectivity index (χ4v) is 2.85. The molecule has 2 fully saturated rings. The minimum Gasteiger partial charge on any atom is -0.372 e. The SMILES string of the molecule is O=C(CN1C(=O)CNC1=O)N1CCCC(OCc2cccnc2)C1. The van der Waals surface area contributed by atoms with Gasteiger partial charge < -0.3 is 15.0 Å². The van der Waals surface area contributed by atoms with Crippen molar-refractivity contribution in [3.05, 3.63) is 30.1 Å². The highest BCUT2D eigenvalue weighted by Crippen LogP contribution is 2.16. The third-order valence-corrected chi connectivity index (χ3v) is 4.17. The van der Waals surface area contributed by atoms with Crippen LogP contribution < -0.4 is 5.32 Å². The molecule has 0 aliphatic carbocycles. The van der Waals surface area contributed by atoms with Crippen molar-refractivity contribution < 1.29 is 19.1 Å². The summed E-state index contributed by atoms with van der Waals surface area (Å²) in [6.45, 7) is 1.30. The third-order valence-electron chi connectivity index (χ3n) is 4.17. The van der Waals surface area contributed by atoms with Gasteiger partial charge in [0.15, 0.2) is 0 Å². The molecule has 1 aromatic rings. The average molecular weight is 332 g/mol. The first kappa shape index (κ1) is 16.4. The fourth-order valence-electron chi connectivity index (χ4n) is 2.85. The molecule has 0 bridgehead atoms. The summed E-state index contributed by atoms with van der Waals surface area (Å²) in [5, 5.41) is 2.41. The largest absolute Gasteiger partial charge is 0.372 e. The maximum absolute atomic E-state index is 12.4. The number of amides is 4. The summed E-state index contributed by atoms with van der Waals surface area (Å²) in [6, 6.07) is 3.29. The lowest BCUT2D eigenvalue weighted by atomic mass is 10.1. The molecule has 1 atom stereocenters. The molecule has 3 heterocycles. The highest BCUT2D eigenvalue weighted by atomic mass is 16.5. The Labute approximate surface area is 139 Å². The summed E-state index contributed by atoms with van der Waals surface area (Å²) in [5.74, 6) is -0.593. The van der Waals surface area contributed by atoms with Crippen molar-refractivity contribution in [1.29, 1.82) is 0 Å². The van der Waals surface area contributed by atoms with E-state index in [1.807, 2.05) is 12.1 Å². The van der Waals surface area contributed by atoms with Crippen molar-refractivity contribution in [3.63, 3.8) is 0 Å². The van der Waals surface area contributed by atoms with Gasteiger partial charge >= 0.3 is 6.03 Å². The van der Waals surface area contributed by atoms with E-state index >= 15 is 0 Å². The predicted molar refractivity (Wildman–Crippen MR) is 83.7 cm³/mol. The number of carbonyl (C=O) groups excluding carboxylic acids is 3. The van der Waals surface area contributed by atoms with E-state index in [1.165, 1.54) is 0 Å². The lowest BCUT2D eigenvalue weighted by Gasteiger charge is -2.33. The first-order valence-electron chi connectivity index (χ1n) is 8.00. The second-order valence-corrected chi connectivity index (χ2v) is 5.91. The van der Waals surface area contributed by atoms with E-state index in [0.29, 0.717) is 19.7 Å². The molecule has 0 saturated carbocycles. The standard InChI is InChI=1S/C16H20N4O4/c21-14-8-18-16(23)20(14)10-15(22)19-6-2-4-13(9-19)24-11-12-3-1-5-17-7-12/h1,3,5,7,13H,2,4,6,8-11H2,(H,18,23). The predicted octanol–water partition coefficient (Wildman–Crippen LogP) is 0.141. The Kier molecular flexibility index (Phi) is 5.05. The van der Waals surface area contributed by atoms with E-state index in [2.05, 4.69) is 10.3 Å². The number of ether oxygens (including phenoxy) is 1. The summed E-state index contributed by atoms with van der Waals surface area (Å²) >= 11 is 0. The Morgan fingerprint density at radius 2 is 2.29 bits per heavy atom. The molecule has 2 saturated heterocycles. The number of nitrogens with zero attached hydrogens (tertiary/aromatic N) is 3. The number of rotatable bonds is 5. The third kappa shape index (κ3) is 3.88. The van der Waals surface area contributed by atoms with E-state index in [-0.39, 0.29) is 31.0 Å². The van der Waals surface area contributed by atoms with Crippen LogP contribution in [0, 0.1) is 0 Å². The summed E-state index contributed by atoms with van der Waals surface area (Å²) in [5.41, 5.74) is 0.986. The van der Waals surface area contributed by atoms with E-state index in [9.17, 15) is 14.4 Å². The van der Waals surface area contributed by atoms with Crippen LogP contribution >= 0.6 is 0 Å². The summed E-state index contributed by atoms with van der Waals surface area (Å²) in [4.78, 5) is 42.1. The van der Waals surface area contributed by atoms with Crippen molar-refractivity contribution in [2.75, 3.05) is 26.2 Å². The molecule has 4 amide bonds. The highest BCUT2D eigenvalue weighted by Gasteiger charge is 2.33. The fraction of sp³-hybridized carbons (Fsp3) is 0.500. The molecular formula is C16H20N4O4. The Hall–Kier alpha value is -2.48. The molecule has 2 aliphatic rings. The topological polar surface area (TPSA) is 91.8 Å². The van der Waals surface area contributed by atoms with Gasteiger partial charge in [0, 0.05) is 25.5 Å². The van der Waals surface area contributed by atoms with Crippen LogP contribution in [0.5, 0.6) is 0 Å². The molecule has 1 N–H and O–H groups in total. The van der Waals surface area contributed by atoms with Crippen LogP contribution in [0.3, 0.4) is 0 Å². The van der Waals surface area contributed by atoms with E-state index < -0.39 is 6.03 Å². The van der Waals surface area contributed by atoms with Crippen LogP contribution in [0.15, 0.2) is 24.5 Å². The van der Waals surface area contributed by atoms with E-state index in [0.717, 1.165) is 23.3 Å². The van der Waals surface area contributed by atoms with Gasteiger partial charge in [-0.25, -0.2) is 4.79 Å². The number of likely N-dealkylation sites (tertiary alicyclic amines) is 1. The number of aromatic nitrogens is 1. The maximum atomic E-state index is 12.4. The number of urea groups is 1. The Balaban J connectivity index is 1.50. The number of hydrogen-bond acceptors (Lipinski definition) is 5. The lowest BCUT2D eigenvalue weighted by molar-refractivity contribution is -0.139. The van der Waals surface area contributed by atoms with E-state index in [4.69, 9.17) is 4.74 Å². The molecule has 128 valence electrons. The summed E-state index contributed by atoms with van der Waals surface area (Å²) in [7, 11) is 0. The zero-order chi connectivity index (χ0) is 16.9. The van der Waals surface area contributed by atoms with Crippen LogP contribution in [0.25, 0.3) is 0 Å². The number of imide groups is 1. The minimum absolute atomic E-state index is 0.0387. The van der Waals surface area contributed by atoms with E-state index in [1.54, 1.807) is 17.3 Å². The Morgan fingerprint density at radius 1 is 1.42 bits per heavy atom. The van der Waals surface area contributed by atoms with Crippen LogP contribution in [0.2, 0.25) is 0 Å². The van der Waals surface area contributed by atoms with Crippen molar-refractivity contribution in [3.8, 4) is 0 Å². The molecule has 8 heteroatoms. The molecule has 2 aliphatic heterocycles. The monoisotopic (exact) mass is 332 g/mol. The highest BCUT2D eigenvalue weighted by molar-refractivity contribution is 6.04. The van der Waals surface area contributed by atoms with Crippen LogP contribution in [0.4, 0.5) is 4.79 Å². The van der Waals surface area contributed by atoms with Gasteiger partial charge in [0.1, 0.15) is 6.54 Å². The van der Waals surface area contributed by atoms with Gasteiger partial charge in [-0.15, -0.1) is 0 Å². The molecule has 0 spiro atoms. The molecular weight excluding hydrogens is 312 g/mol. The van der Waals surface area contributed by atoms with Gasteiger partial charge in [0.05, 0.1) is 19.3 Å². The quantitative estimate of drug-likeness (QED) is 0.775. The van der Waals surface area contributed by atoms with Gasteiger partial charge in [-0.1, -0.05) is 6.07 Å². The second kappa shape index (κ2) is 7.39. The van der Waals surface area contributed by atoms with Crippen molar-refractivity contribution in [1.82, 2.24) is 20.1 Å². The number of nitrogens with one attached hydrogen (secondary N) is 1. The number of hydrogen-bond donors (Lipinski definition) is 1. The molecule has 8 nitrogen and oxygen atoms in total.